The van der Waals surface area contributed by atoms with Crippen LogP contribution in [0.2, 0.25) is 0 Å². The fraction of sp³-hybridized carbons (Fsp3) is 0.250. The van der Waals surface area contributed by atoms with Crippen molar-refractivity contribution in [2.45, 2.75) is 6.92 Å². The molecule has 0 aromatic heterocycles. The van der Waals surface area contributed by atoms with Crippen molar-refractivity contribution < 1.29 is 9.53 Å². The fourth-order valence-corrected chi connectivity index (χ4v) is 1.89. The molecule has 92 valence electrons. The lowest BCUT2D eigenvalue weighted by Gasteiger charge is -2.09. The molecule has 0 spiro atoms. The number of carbonyl (C=O) groups excluding carboxylic acids is 1. The van der Waals surface area contributed by atoms with Crippen LogP contribution in [0.1, 0.15) is 12.5 Å². The maximum absolute atomic E-state index is 11.7. The highest BCUT2D eigenvalue weighted by Crippen LogP contribution is 2.23. The Bertz CT molecular complexity index is 404. The summed E-state index contributed by atoms with van der Waals surface area (Å²) in [4.78, 5) is 12.1. The van der Waals surface area contributed by atoms with Crippen LogP contribution in [-0.4, -0.2) is 18.5 Å². The van der Waals surface area contributed by atoms with Crippen molar-refractivity contribution in [2.75, 3.05) is 12.5 Å². The Hall–Kier alpha value is -1.46. The van der Waals surface area contributed by atoms with Gasteiger partial charge in [-0.25, -0.2) is 4.79 Å². The van der Waals surface area contributed by atoms with Crippen molar-refractivity contribution in [3.8, 4) is 0 Å². The maximum Gasteiger partial charge on any atom is 0.346 e. The highest BCUT2D eigenvalue weighted by Gasteiger charge is 2.16. The van der Waals surface area contributed by atoms with Gasteiger partial charge in [-0.15, -0.1) is 11.8 Å². The number of hydrogen-bond donors (Lipinski definition) is 2. The molecule has 1 aromatic carbocycles. The molecule has 0 amide bonds. The molecular formula is C12H16N2O2S. The van der Waals surface area contributed by atoms with Crippen LogP contribution in [0.25, 0.3) is 5.70 Å². The van der Waals surface area contributed by atoms with E-state index in [9.17, 15) is 4.79 Å². The van der Waals surface area contributed by atoms with Crippen LogP contribution in [0.4, 0.5) is 0 Å². The minimum Gasteiger partial charge on any atom is -0.462 e. The van der Waals surface area contributed by atoms with Crippen molar-refractivity contribution >= 4 is 23.4 Å². The Morgan fingerprint density at radius 3 is 2.53 bits per heavy atom. The molecule has 5 heteroatoms. The molecule has 0 bridgehead atoms. The van der Waals surface area contributed by atoms with Crippen LogP contribution in [0.3, 0.4) is 0 Å². The van der Waals surface area contributed by atoms with E-state index in [0.717, 1.165) is 5.56 Å². The minimum absolute atomic E-state index is 0.279. The normalized spacial score (nSPS) is 11.9. The lowest BCUT2D eigenvalue weighted by atomic mass is 10.1. The number of esters is 1. The number of nitrogens with two attached hydrogens (primary N) is 2. The predicted octanol–water partition coefficient (Wildman–Crippen LogP) is 1.53. The zero-order chi connectivity index (χ0) is 12.7. The second kappa shape index (κ2) is 6.98. The molecule has 0 fully saturated rings. The summed E-state index contributed by atoms with van der Waals surface area (Å²) in [5.41, 5.74) is 12.6. The van der Waals surface area contributed by atoms with Crippen molar-refractivity contribution in [3.05, 3.63) is 40.8 Å². The first kappa shape index (κ1) is 13.6. The molecular weight excluding hydrogens is 236 g/mol. The standard InChI is InChI=1S/C12H16N2O2S/c1-2-16-12(15)11(17-8-13)10(14)9-6-4-3-5-7-9/h3-7H,2,8,13-14H2,1H3/b11-10-. The van der Waals surface area contributed by atoms with Gasteiger partial charge in [0.1, 0.15) is 4.91 Å². The van der Waals surface area contributed by atoms with E-state index in [1.807, 2.05) is 30.3 Å². The van der Waals surface area contributed by atoms with E-state index < -0.39 is 5.97 Å². The lowest BCUT2D eigenvalue weighted by molar-refractivity contribution is -0.137. The van der Waals surface area contributed by atoms with Crippen LogP contribution in [0, 0.1) is 0 Å². The number of carbonyl (C=O) groups is 1. The van der Waals surface area contributed by atoms with Crippen LogP contribution in [-0.2, 0) is 9.53 Å². The second-order valence-electron chi connectivity index (χ2n) is 3.14. The fourth-order valence-electron chi connectivity index (χ4n) is 1.28. The molecule has 0 aliphatic carbocycles. The summed E-state index contributed by atoms with van der Waals surface area (Å²) in [6.45, 7) is 2.07. The molecule has 0 atom stereocenters. The van der Waals surface area contributed by atoms with Gasteiger partial charge in [-0.3, -0.25) is 0 Å². The van der Waals surface area contributed by atoms with Gasteiger partial charge < -0.3 is 16.2 Å². The maximum atomic E-state index is 11.7. The van der Waals surface area contributed by atoms with Crippen LogP contribution >= 0.6 is 11.8 Å². The third-order valence-electron chi connectivity index (χ3n) is 2.02. The molecule has 0 saturated carbocycles. The number of thioether (sulfide) groups is 1. The van der Waals surface area contributed by atoms with Crippen molar-refractivity contribution in [1.82, 2.24) is 0 Å². The largest absolute Gasteiger partial charge is 0.462 e. The average molecular weight is 252 g/mol. The summed E-state index contributed by atoms with van der Waals surface area (Å²) < 4.78 is 4.95. The molecule has 4 N–H and O–H groups in total. The van der Waals surface area contributed by atoms with Gasteiger partial charge in [-0.1, -0.05) is 30.3 Å². The summed E-state index contributed by atoms with van der Waals surface area (Å²) in [5, 5.41) is 0. The quantitative estimate of drug-likeness (QED) is 0.472. The minimum atomic E-state index is -0.427. The third kappa shape index (κ3) is 3.80. The van der Waals surface area contributed by atoms with Gasteiger partial charge in [0.25, 0.3) is 0 Å². The van der Waals surface area contributed by atoms with Crippen LogP contribution in [0.5, 0.6) is 0 Å². The summed E-state index contributed by atoms with van der Waals surface area (Å²) in [7, 11) is 0. The van der Waals surface area contributed by atoms with Crippen LogP contribution < -0.4 is 11.5 Å². The first-order valence-corrected chi connectivity index (χ1v) is 6.24. The molecule has 1 rings (SSSR count). The summed E-state index contributed by atoms with van der Waals surface area (Å²) in [6, 6.07) is 9.28. The SMILES string of the molecule is CCOC(=O)/C(SCN)=C(/N)c1ccccc1. The Kier molecular flexibility index (Phi) is 5.59. The van der Waals surface area contributed by atoms with E-state index >= 15 is 0 Å². The molecule has 0 aliphatic heterocycles. The Balaban J connectivity index is 3.06. The topological polar surface area (TPSA) is 78.3 Å². The smallest absolute Gasteiger partial charge is 0.346 e. The predicted molar refractivity (Wildman–Crippen MR) is 70.8 cm³/mol. The molecule has 0 saturated heterocycles. The highest BCUT2D eigenvalue weighted by molar-refractivity contribution is 8.04. The van der Waals surface area contributed by atoms with E-state index in [1.54, 1.807) is 6.92 Å². The zero-order valence-corrected chi connectivity index (χ0v) is 10.5. The monoisotopic (exact) mass is 252 g/mol. The summed E-state index contributed by atoms with van der Waals surface area (Å²) in [5.74, 6) is -0.147. The Morgan fingerprint density at radius 2 is 2.00 bits per heavy atom. The van der Waals surface area contributed by atoms with E-state index in [4.69, 9.17) is 16.2 Å². The lowest BCUT2D eigenvalue weighted by Crippen LogP contribution is -2.13. The van der Waals surface area contributed by atoms with E-state index in [0.29, 0.717) is 17.2 Å². The van der Waals surface area contributed by atoms with Gasteiger partial charge in [0.15, 0.2) is 0 Å². The number of benzene rings is 1. The molecule has 0 radical (unpaired) electrons. The van der Waals surface area contributed by atoms with Gasteiger partial charge in [-0.2, -0.15) is 0 Å². The molecule has 1 aromatic rings. The molecule has 0 unspecified atom stereocenters. The van der Waals surface area contributed by atoms with Crippen molar-refractivity contribution in [2.24, 2.45) is 11.5 Å². The van der Waals surface area contributed by atoms with Gasteiger partial charge in [0.2, 0.25) is 0 Å². The average Bonchev–Trinajstić information content (AvgIpc) is 2.36. The number of hydrogen-bond acceptors (Lipinski definition) is 5. The molecule has 0 aliphatic rings. The van der Waals surface area contributed by atoms with E-state index in [-0.39, 0.29) is 5.88 Å². The van der Waals surface area contributed by atoms with Gasteiger partial charge >= 0.3 is 5.97 Å². The molecule has 17 heavy (non-hydrogen) atoms. The Labute approximate surface area is 105 Å². The van der Waals surface area contributed by atoms with E-state index in [1.165, 1.54) is 11.8 Å². The number of rotatable bonds is 5. The zero-order valence-electron chi connectivity index (χ0n) is 9.68. The highest BCUT2D eigenvalue weighted by atomic mass is 32.2. The van der Waals surface area contributed by atoms with Crippen molar-refractivity contribution in [1.29, 1.82) is 0 Å². The first-order valence-electron chi connectivity index (χ1n) is 5.25. The van der Waals surface area contributed by atoms with E-state index in [2.05, 4.69) is 0 Å². The summed E-state index contributed by atoms with van der Waals surface area (Å²) >= 11 is 1.19. The summed E-state index contributed by atoms with van der Waals surface area (Å²) in [6.07, 6.45) is 0. The van der Waals surface area contributed by atoms with Gasteiger partial charge in [0, 0.05) is 5.88 Å². The van der Waals surface area contributed by atoms with Gasteiger partial charge in [-0.05, 0) is 12.5 Å². The second-order valence-corrected chi connectivity index (χ2v) is 4.17. The number of ether oxygens (including phenoxy) is 1. The van der Waals surface area contributed by atoms with Gasteiger partial charge in [0.05, 0.1) is 12.3 Å². The third-order valence-corrected chi connectivity index (χ3v) is 2.86. The Morgan fingerprint density at radius 1 is 1.35 bits per heavy atom. The molecule has 4 nitrogen and oxygen atoms in total. The van der Waals surface area contributed by atoms with Crippen LogP contribution in [0.15, 0.2) is 35.2 Å². The first-order chi connectivity index (χ1) is 8.20. The van der Waals surface area contributed by atoms with Crippen molar-refractivity contribution in [3.63, 3.8) is 0 Å². The molecule has 0 heterocycles.